The maximum Gasteiger partial charge on any atom is 0.0947 e. The first-order valence-corrected chi connectivity index (χ1v) is 6.60. The van der Waals surface area contributed by atoms with Crippen LogP contribution in [0.5, 0.6) is 0 Å². The van der Waals surface area contributed by atoms with Crippen LogP contribution in [0.25, 0.3) is 0 Å². The van der Waals surface area contributed by atoms with Gasteiger partial charge in [0, 0.05) is 25.2 Å². The predicted molar refractivity (Wildman–Crippen MR) is 75.9 cm³/mol. The summed E-state index contributed by atoms with van der Waals surface area (Å²) >= 11 is 3.48. The third kappa shape index (κ3) is 4.24. The summed E-state index contributed by atoms with van der Waals surface area (Å²) in [6.07, 6.45) is -1.01. The molecule has 0 bridgehead atoms. The molecule has 0 radical (unpaired) electrons. The number of anilines is 1. The lowest BCUT2D eigenvalue weighted by molar-refractivity contribution is 0.0695. The normalized spacial score (nSPS) is 14.3. The van der Waals surface area contributed by atoms with Gasteiger partial charge in [-0.3, -0.25) is 0 Å². The van der Waals surface area contributed by atoms with Gasteiger partial charge in [0.05, 0.1) is 24.5 Å². The number of ether oxygens (including phenoxy) is 1. The molecule has 0 saturated carbocycles. The summed E-state index contributed by atoms with van der Waals surface area (Å²) in [5.74, 6) is 0. The molecule has 1 aromatic rings. The molecule has 2 unspecified atom stereocenters. The second kappa shape index (κ2) is 7.09. The number of nitrogens with zero attached hydrogens (tertiary/aromatic N) is 1. The third-order valence-corrected chi connectivity index (χ3v) is 3.34. The molecule has 0 heterocycles. The zero-order valence-electron chi connectivity index (χ0n) is 10.9. The van der Waals surface area contributed by atoms with Crippen LogP contribution in [0.4, 0.5) is 5.69 Å². The van der Waals surface area contributed by atoms with Gasteiger partial charge in [-0.25, -0.2) is 0 Å². The minimum Gasteiger partial charge on any atom is -0.389 e. The van der Waals surface area contributed by atoms with E-state index in [0.717, 1.165) is 15.7 Å². The number of benzene rings is 1. The Morgan fingerprint density at radius 3 is 2.56 bits per heavy atom. The number of methoxy groups -OCH3 is 1. The van der Waals surface area contributed by atoms with Crippen LogP contribution in [0.2, 0.25) is 0 Å². The molecule has 102 valence electrons. The number of rotatable bonds is 6. The van der Waals surface area contributed by atoms with Crippen LogP contribution < -0.4 is 4.90 Å². The number of hydrogen-bond donors (Lipinski definition) is 2. The Kier molecular flexibility index (Phi) is 6.08. The van der Waals surface area contributed by atoms with E-state index in [0.29, 0.717) is 13.2 Å². The molecule has 0 aliphatic carbocycles. The van der Waals surface area contributed by atoms with Crippen molar-refractivity contribution in [1.82, 2.24) is 0 Å². The number of aliphatic hydroxyl groups is 2. The molecule has 5 heteroatoms. The van der Waals surface area contributed by atoms with E-state index in [2.05, 4.69) is 15.9 Å². The first kappa shape index (κ1) is 15.4. The summed E-state index contributed by atoms with van der Waals surface area (Å²) < 4.78 is 5.80. The maximum absolute atomic E-state index is 9.69. The van der Waals surface area contributed by atoms with Crippen LogP contribution in [-0.4, -0.2) is 43.6 Å². The van der Waals surface area contributed by atoms with Crippen molar-refractivity contribution in [1.29, 1.82) is 0 Å². The molecule has 2 N–H and O–H groups in total. The second-order valence-electron chi connectivity index (χ2n) is 4.38. The number of hydrogen-bond acceptors (Lipinski definition) is 4. The zero-order valence-corrected chi connectivity index (χ0v) is 12.5. The highest BCUT2D eigenvalue weighted by Gasteiger charge is 2.12. The molecule has 1 rings (SSSR count). The summed E-state index contributed by atoms with van der Waals surface area (Å²) in [5, 5.41) is 19.2. The van der Waals surface area contributed by atoms with E-state index in [9.17, 15) is 10.2 Å². The molecule has 4 nitrogen and oxygen atoms in total. The Labute approximate surface area is 116 Å². The van der Waals surface area contributed by atoms with E-state index in [1.54, 1.807) is 14.0 Å². The Hall–Kier alpha value is -0.620. The van der Waals surface area contributed by atoms with Gasteiger partial charge in [-0.05, 0) is 40.5 Å². The highest BCUT2D eigenvalue weighted by molar-refractivity contribution is 9.10. The molecular formula is C13H20BrNO3. The van der Waals surface area contributed by atoms with E-state index < -0.39 is 12.2 Å². The summed E-state index contributed by atoms with van der Waals surface area (Å²) in [7, 11) is 3.47. The Balaban J connectivity index is 2.77. The van der Waals surface area contributed by atoms with Gasteiger partial charge in [-0.1, -0.05) is 6.07 Å². The Morgan fingerprint density at radius 2 is 2.06 bits per heavy atom. The van der Waals surface area contributed by atoms with Crippen molar-refractivity contribution in [3.63, 3.8) is 0 Å². The van der Waals surface area contributed by atoms with Gasteiger partial charge in [-0.2, -0.15) is 0 Å². The fraction of sp³-hybridized carbons (Fsp3) is 0.538. The van der Waals surface area contributed by atoms with Crippen molar-refractivity contribution in [2.75, 3.05) is 32.2 Å². The molecule has 2 atom stereocenters. The smallest absolute Gasteiger partial charge is 0.0947 e. The molecule has 0 aromatic heterocycles. The maximum atomic E-state index is 9.69. The van der Waals surface area contributed by atoms with Gasteiger partial charge < -0.3 is 19.8 Å². The number of likely N-dealkylation sites (N-methyl/N-ethyl adjacent to an activating group) is 1. The summed E-state index contributed by atoms with van der Waals surface area (Å²) in [6, 6.07) is 5.69. The predicted octanol–water partition coefficient (Wildman–Crippen LogP) is 1.95. The monoisotopic (exact) mass is 317 g/mol. The quantitative estimate of drug-likeness (QED) is 0.842. The van der Waals surface area contributed by atoms with Crippen LogP contribution in [0, 0.1) is 0 Å². The van der Waals surface area contributed by atoms with Crippen molar-refractivity contribution < 1.29 is 14.9 Å². The molecular weight excluding hydrogens is 298 g/mol. The van der Waals surface area contributed by atoms with Gasteiger partial charge >= 0.3 is 0 Å². The van der Waals surface area contributed by atoms with Crippen LogP contribution in [-0.2, 0) is 4.74 Å². The van der Waals surface area contributed by atoms with E-state index in [4.69, 9.17) is 4.74 Å². The standard InChI is InChI=1S/C13H20BrNO3/c1-9(16)10-4-5-13(12(14)6-10)15(2)7-11(17)8-18-3/h4-6,9,11,16-17H,7-8H2,1-3H3. The molecule has 18 heavy (non-hydrogen) atoms. The van der Waals surface area contributed by atoms with Crippen LogP contribution in [0.3, 0.4) is 0 Å². The van der Waals surface area contributed by atoms with Gasteiger partial charge in [-0.15, -0.1) is 0 Å². The van der Waals surface area contributed by atoms with E-state index >= 15 is 0 Å². The van der Waals surface area contributed by atoms with Gasteiger partial charge in [0.15, 0.2) is 0 Å². The largest absolute Gasteiger partial charge is 0.389 e. The van der Waals surface area contributed by atoms with Gasteiger partial charge in [0.2, 0.25) is 0 Å². The SMILES string of the molecule is COCC(O)CN(C)c1ccc(C(C)O)cc1Br. The average Bonchev–Trinajstić information content (AvgIpc) is 2.28. The fourth-order valence-electron chi connectivity index (χ4n) is 1.75. The highest BCUT2D eigenvalue weighted by atomic mass is 79.9. The molecule has 0 aliphatic heterocycles. The van der Waals surface area contributed by atoms with Crippen LogP contribution in [0.15, 0.2) is 22.7 Å². The third-order valence-electron chi connectivity index (χ3n) is 2.71. The number of halogens is 1. The first-order valence-electron chi connectivity index (χ1n) is 5.81. The Bertz CT molecular complexity index is 384. The van der Waals surface area contributed by atoms with Crippen molar-refractivity contribution in [3.05, 3.63) is 28.2 Å². The molecule has 1 aromatic carbocycles. The number of aliphatic hydroxyl groups excluding tert-OH is 2. The van der Waals surface area contributed by atoms with Crippen LogP contribution in [0.1, 0.15) is 18.6 Å². The lowest BCUT2D eigenvalue weighted by Gasteiger charge is -2.24. The van der Waals surface area contributed by atoms with Gasteiger partial charge in [0.1, 0.15) is 0 Å². The van der Waals surface area contributed by atoms with E-state index in [-0.39, 0.29) is 0 Å². The second-order valence-corrected chi connectivity index (χ2v) is 5.23. The fourth-order valence-corrected chi connectivity index (χ4v) is 2.45. The summed E-state index contributed by atoms with van der Waals surface area (Å²) in [4.78, 5) is 1.94. The first-order chi connectivity index (χ1) is 8.45. The van der Waals surface area contributed by atoms with Crippen molar-refractivity contribution in [3.8, 4) is 0 Å². The minimum atomic E-state index is -0.525. The zero-order chi connectivity index (χ0) is 13.7. The lowest BCUT2D eigenvalue weighted by Crippen LogP contribution is -2.32. The van der Waals surface area contributed by atoms with Gasteiger partial charge in [0.25, 0.3) is 0 Å². The van der Waals surface area contributed by atoms with E-state index in [1.165, 1.54) is 0 Å². The molecule has 0 amide bonds. The lowest BCUT2D eigenvalue weighted by atomic mass is 10.1. The molecule has 0 aliphatic rings. The molecule has 0 fully saturated rings. The summed E-state index contributed by atoms with van der Waals surface area (Å²) in [5.41, 5.74) is 1.83. The highest BCUT2D eigenvalue weighted by Crippen LogP contribution is 2.28. The van der Waals surface area contributed by atoms with Crippen molar-refractivity contribution >= 4 is 21.6 Å². The average molecular weight is 318 g/mol. The van der Waals surface area contributed by atoms with Crippen LogP contribution >= 0.6 is 15.9 Å². The molecule has 0 spiro atoms. The topological polar surface area (TPSA) is 52.9 Å². The minimum absolute atomic E-state index is 0.313. The summed E-state index contributed by atoms with van der Waals surface area (Å²) in [6.45, 7) is 2.53. The molecule has 0 saturated heterocycles. The van der Waals surface area contributed by atoms with E-state index in [1.807, 2.05) is 30.1 Å². The van der Waals surface area contributed by atoms with Crippen molar-refractivity contribution in [2.24, 2.45) is 0 Å². The Morgan fingerprint density at radius 1 is 1.39 bits per heavy atom. The van der Waals surface area contributed by atoms with Crippen molar-refractivity contribution in [2.45, 2.75) is 19.1 Å².